The molecule has 1 N–H and O–H groups in total. The predicted molar refractivity (Wildman–Crippen MR) is 118 cm³/mol. The Morgan fingerprint density at radius 1 is 1.19 bits per heavy atom. The highest BCUT2D eigenvalue weighted by Crippen LogP contribution is 2.29. The van der Waals surface area contributed by atoms with Gasteiger partial charge in [0.1, 0.15) is 5.75 Å². The van der Waals surface area contributed by atoms with Gasteiger partial charge < -0.3 is 14.2 Å². The van der Waals surface area contributed by atoms with Crippen molar-refractivity contribution in [1.29, 1.82) is 0 Å². The van der Waals surface area contributed by atoms with Crippen LogP contribution in [0, 0.1) is 0 Å². The van der Waals surface area contributed by atoms with Crippen molar-refractivity contribution in [2.45, 2.75) is 0 Å². The van der Waals surface area contributed by atoms with Crippen LogP contribution in [0.3, 0.4) is 0 Å². The molecule has 0 spiro atoms. The smallest absolute Gasteiger partial charge is 0.338 e. The quantitative estimate of drug-likeness (QED) is 0.293. The van der Waals surface area contributed by atoms with Gasteiger partial charge in [-0.2, -0.15) is 5.10 Å². The highest BCUT2D eigenvalue weighted by atomic mass is 35.5. The standard InChI is InChI=1S/C20H15ClN4O6S/c1-29-17(26)9-15-18(27)24-20(32-15)25-23-10-11-3-4-14(13(21)7-11)31-16-8-12(5-6-22-16)19(28)30-2/h3-10H,1-2H3,(H,24,25,27)/b15-9+,23-10?. The molecule has 12 heteroatoms. The molecule has 1 fully saturated rings. The number of amidine groups is 1. The second kappa shape index (κ2) is 10.6. The van der Waals surface area contributed by atoms with Gasteiger partial charge in [0.15, 0.2) is 5.17 Å². The summed E-state index contributed by atoms with van der Waals surface area (Å²) < 4.78 is 14.8. The molecular formula is C20H15ClN4O6S. The van der Waals surface area contributed by atoms with Gasteiger partial charge in [0, 0.05) is 18.3 Å². The SMILES string of the molecule is COC(=O)/C=C1/S/C(=N\N=Cc2ccc(Oc3cc(C(=O)OC)ccn3)c(Cl)c2)NC1=O. The highest BCUT2D eigenvalue weighted by molar-refractivity contribution is 8.18. The summed E-state index contributed by atoms with van der Waals surface area (Å²) in [5.41, 5.74) is 0.903. The number of ether oxygens (including phenoxy) is 3. The third-order valence-electron chi connectivity index (χ3n) is 3.78. The molecule has 0 atom stereocenters. The zero-order valence-corrected chi connectivity index (χ0v) is 18.3. The van der Waals surface area contributed by atoms with Crippen LogP contribution in [0.2, 0.25) is 5.02 Å². The number of methoxy groups -OCH3 is 2. The number of thioether (sulfide) groups is 1. The number of carbonyl (C=O) groups excluding carboxylic acids is 3. The Morgan fingerprint density at radius 2 is 2.00 bits per heavy atom. The second-order valence-electron chi connectivity index (χ2n) is 5.90. The van der Waals surface area contributed by atoms with Gasteiger partial charge >= 0.3 is 11.9 Å². The van der Waals surface area contributed by atoms with Crippen molar-refractivity contribution < 1.29 is 28.6 Å². The first-order valence-corrected chi connectivity index (χ1v) is 10.0. The maximum atomic E-state index is 11.8. The van der Waals surface area contributed by atoms with Crippen molar-refractivity contribution >= 4 is 52.6 Å². The molecule has 0 unspecified atom stereocenters. The van der Waals surface area contributed by atoms with Gasteiger partial charge in [0.05, 0.1) is 35.9 Å². The largest absolute Gasteiger partial charge is 0.466 e. The van der Waals surface area contributed by atoms with Crippen molar-refractivity contribution in [3.63, 3.8) is 0 Å². The van der Waals surface area contributed by atoms with Gasteiger partial charge in [-0.3, -0.25) is 10.1 Å². The van der Waals surface area contributed by atoms with Gasteiger partial charge in [-0.25, -0.2) is 14.6 Å². The number of nitrogens with one attached hydrogen (secondary N) is 1. The minimum atomic E-state index is -0.642. The van der Waals surface area contributed by atoms with E-state index in [9.17, 15) is 14.4 Å². The molecule has 0 bridgehead atoms. The van der Waals surface area contributed by atoms with Crippen LogP contribution >= 0.6 is 23.4 Å². The number of benzene rings is 1. The summed E-state index contributed by atoms with van der Waals surface area (Å²) in [4.78, 5) is 38.8. The molecule has 2 heterocycles. The summed E-state index contributed by atoms with van der Waals surface area (Å²) in [6, 6.07) is 7.81. The number of halogens is 1. The average Bonchev–Trinajstić information content (AvgIpc) is 3.13. The number of carbonyl (C=O) groups is 3. The molecule has 32 heavy (non-hydrogen) atoms. The van der Waals surface area contributed by atoms with Gasteiger partial charge in [-0.05, 0) is 41.6 Å². The topological polar surface area (TPSA) is 129 Å². The normalized spacial score (nSPS) is 15.8. The molecule has 10 nitrogen and oxygen atoms in total. The Morgan fingerprint density at radius 3 is 2.72 bits per heavy atom. The van der Waals surface area contributed by atoms with Crippen LogP contribution in [0.4, 0.5) is 0 Å². The van der Waals surface area contributed by atoms with Crippen molar-refractivity contribution in [2.75, 3.05) is 14.2 Å². The van der Waals surface area contributed by atoms with E-state index in [1.165, 1.54) is 38.8 Å². The Balaban J connectivity index is 1.67. The van der Waals surface area contributed by atoms with Crippen LogP contribution in [0.5, 0.6) is 11.6 Å². The van der Waals surface area contributed by atoms with Crippen LogP contribution < -0.4 is 10.1 Å². The van der Waals surface area contributed by atoms with Crippen molar-refractivity contribution in [3.05, 3.63) is 63.7 Å². The molecule has 0 saturated carbocycles. The fourth-order valence-electron chi connectivity index (χ4n) is 2.29. The minimum absolute atomic E-state index is 0.153. The zero-order chi connectivity index (χ0) is 23.1. The third-order valence-corrected chi connectivity index (χ3v) is 4.98. The lowest BCUT2D eigenvalue weighted by Gasteiger charge is -2.08. The van der Waals surface area contributed by atoms with Crippen LogP contribution in [-0.4, -0.2) is 48.4 Å². The van der Waals surface area contributed by atoms with Gasteiger partial charge in [-0.1, -0.05) is 11.6 Å². The molecule has 1 amide bonds. The number of rotatable bonds is 6. The monoisotopic (exact) mass is 474 g/mol. The summed E-state index contributed by atoms with van der Waals surface area (Å²) in [6.07, 6.45) is 3.91. The van der Waals surface area contributed by atoms with E-state index in [0.717, 1.165) is 17.8 Å². The maximum Gasteiger partial charge on any atom is 0.338 e. The molecule has 1 aromatic heterocycles. The summed E-state index contributed by atoms with van der Waals surface area (Å²) >= 11 is 7.22. The van der Waals surface area contributed by atoms with Crippen LogP contribution in [0.1, 0.15) is 15.9 Å². The second-order valence-corrected chi connectivity index (χ2v) is 7.34. The first-order chi connectivity index (χ1) is 15.4. The van der Waals surface area contributed by atoms with Gasteiger partial charge in [0.25, 0.3) is 5.91 Å². The zero-order valence-electron chi connectivity index (χ0n) is 16.7. The number of pyridine rings is 1. The fraction of sp³-hybridized carbons (Fsp3) is 0.100. The van der Waals surface area contributed by atoms with E-state index < -0.39 is 17.8 Å². The maximum absolute atomic E-state index is 11.8. The van der Waals surface area contributed by atoms with Gasteiger partial charge in [0.2, 0.25) is 5.88 Å². The fourth-order valence-corrected chi connectivity index (χ4v) is 3.26. The Bertz CT molecular complexity index is 1160. The number of esters is 2. The number of nitrogens with zero attached hydrogens (tertiary/aromatic N) is 3. The Labute approximate surface area is 191 Å². The van der Waals surface area contributed by atoms with E-state index >= 15 is 0 Å². The van der Waals surface area contributed by atoms with Crippen molar-refractivity contribution in [2.24, 2.45) is 10.2 Å². The van der Waals surface area contributed by atoms with Gasteiger partial charge in [-0.15, -0.1) is 5.10 Å². The van der Waals surface area contributed by atoms with Crippen molar-refractivity contribution in [1.82, 2.24) is 10.3 Å². The summed E-state index contributed by atoms with van der Waals surface area (Å²) in [5.74, 6) is -1.13. The molecule has 0 aliphatic carbocycles. The van der Waals surface area contributed by atoms with Crippen LogP contribution in [-0.2, 0) is 19.1 Å². The molecule has 2 aromatic rings. The molecule has 1 aliphatic rings. The summed E-state index contributed by atoms with van der Waals surface area (Å²) in [6.45, 7) is 0. The van der Waals surface area contributed by atoms with E-state index in [1.54, 1.807) is 18.2 Å². The number of hydrogen-bond donors (Lipinski definition) is 1. The number of hydrogen-bond acceptors (Lipinski definition) is 10. The molecule has 1 aliphatic heterocycles. The summed E-state index contributed by atoms with van der Waals surface area (Å²) in [5, 5.41) is 10.8. The van der Waals surface area contributed by atoms with Crippen molar-refractivity contribution in [3.8, 4) is 11.6 Å². The van der Waals surface area contributed by atoms with E-state index in [-0.39, 0.29) is 26.5 Å². The van der Waals surface area contributed by atoms with E-state index in [2.05, 4.69) is 30.0 Å². The first-order valence-electron chi connectivity index (χ1n) is 8.81. The first kappa shape index (κ1) is 23.0. The molecule has 3 rings (SSSR count). The van der Waals surface area contributed by atoms with Crippen LogP contribution in [0.15, 0.2) is 57.7 Å². The molecule has 164 valence electrons. The number of aromatic nitrogens is 1. The van der Waals surface area contributed by atoms with E-state index in [4.69, 9.17) is 16.3 Å². The Hall–Kier alpha value is -3.70. The summed E-state index contributed by atoms with van der Waals surface area (Å²) in [7, 11) is 2.50. The number of amides is 1. The lowest BCUT2D eigenvalue weighted by Crippen LogP contribution is -2.19. The molecule has 1 aromatic carbocycles. The lowest BCUT2D eigenvalue weighted by atomic mass is 10.2. The third kappa shape index (κ3) is 5.93. The van der Waals surface area contributed by atoms with E-state index in [1.807, 2.05) is 0 Å². The molecule has 1 saturated heterocycles. The lowest BCUT2D eigenvalue weighted by molar-refractivity contribution is -0.135. The average molecular weight is 475 g/mol. The van der Waals surface area contributed by atoms with E-state index in [0.29, 0.717) is 11.3 Å². The van der Waals surface area contributed by atoms with Crippen LogP contribution in [0.25, 0.3) is 0 Å². The minimum Gasteiger partial charge on any atom is -0.466 e. The Kier molecular flexibility index (Phi) is 7.58. The highest BCUT2D eigenvalue weighted by Gasteiger charge is 2.25. The molecular weight excluding hydrogens is 460 g/mol. The molecule has 0 radical (unpaired) electrons. The predicted octanol–water partition coefficient (Wildman–Crippen LogP) is 2.92.